The highest BCUT2D eigenvalue weighted by atomic mass is 16.3. The molecule has 0 aromatic heterocycles. The molecule has 4 atom stereocenters. The van der Waals surface area contributed by atoms with Gasteiger partial charge >= 0.3 is 6.03 Å². The first-order valence-electron chi connectivity index (χ1n) is 12.1. The van der Waals surface area contributed by atoms with Crippen molar-refractivity contribution < 1.29 is 9.90 Å². The summed E-state index contributed by atoms with van der Waals surface area (Å²) in [6.45, 7) is 3.04. The van der Waals surface area contributed by atoms with Crippen LogP contribution < -0.4 is 5.32 Å². The van der Waals surface area contributed by atoms with Crippen LogP contribution in [-0.2, 0) is 5.41 Å². The molecule has 3 aliphatic rings. The zero-order chi connectivity index (χ0) is 22.8. The monoisotopic (exact) mass is 444 g/mol. The molecule has 2 aliphatic carbocycles. The summed E-state index contributed by atoms with van der Waals surface area (Å²) in [5.74, 6) is 0.561. The van der Waals surface area contributed by atoms with Crippen molar-refractivity contribution in [2.45, 2.75) is 49.7 Å². The number of urea groups is 1. The fourth-order valence-corrected chi connectivity index (χ4v) is 5.98. The van der Waals surface area contributed by atoms with E-state index in [4.69, 9.17) is 0 Å². The molecular formula is C27H32N4O2. The number of nitrogens with zero attached hydrogens (tertiary/aromatic N) is 3. The highest BCUT2D eigenvalue weighted by Crippen LogP contribution is 2.62. The van der Waals surface area contributed by atoms with E-state index >= 15 is 0 Å². The van der Waals surface area contributed by atoms with Crippen molar-refractivity contribution in [3.63, 3.8) is 0 Å². The lowest BCUT2D eigenvalue weighted by Gasteiger charge is -2.37. The van der Waals surface area contributed by atoms with E-state index in [1.54, 1.807) is 0 Å². The summed E-state index contributed by atoms with van der Waals surface area (Å²) >= 11 is 0. The summed E-state index contributed by atoms with van der Waals surface area (Å²) in [6, 6.07) is 20.2. The molecule has 6 nitrogen and oxygen atoms in total. The van der Waals surface area contributed by atoms with Crippen molar-refractivity contribution in [1.82, 2.24) is 9.80 Å². The molecule has 0 bridgehead atoms. The lowest BCUT2D eigenvalue weighted by molar-refractivity contribution is 0.142. The van der Waals surface area contributed by atoms with Crippen molar-refractivity contribution in [3.8, 4) is 6.07 Å². The zero-order valence-corrected chi connectivity index (χ0v) is 19.0. The molecule has 6 heteroatoms. The van der Waals surface area contributed by atoms with Crippen molar-refractivity contribution in [3.05, 3.63) is 65.7 Å². The van der Waals surface area contributed by atoms with Gasteiger partial charge < -0.3 is 15.3 Å². The van der Waals surface area contributed by atoms with Crippen LogP contribution >= 0.6 is 0 Å². The molecule has 2 N–H and O–H groups in total. The quantitative estimate of drug-likeness (QED) is 0.707. The number of anilines is 1. The average Bonchev–Trinajstić information content (AvgIpc) is 3.44. The third-order valence-corrected chi connectivity index (χ3v) is 7.91. The average molecular weight is 445 g/mol. The Morgan fingerprint density at radius 3 is 2.79 bits per heavy atom. The topological polar surface area (TPSA) is 79.6 Å². The molecule has 2 aromatic carbocycles. The molecule has 2 amide bonds. The minimum atomic E-state index is -0.248. The van der Waals surface area contributed by atoms with Crippen LogP contribution in [0.3, 0.4) is 0 Å². The van der Waals surface area contributed by atoms with E-state index in [1.807, 2.05) is 47.4 Å². The van der Waals surface area contributed by atoms with E-state index in [2.05, 4.69) is 28.4 Å². The maximum absolute atomic E-state index is 13.3. The van der Waals surface area contributed by atoms with Gasteiger partial charge in [-0.05, 0) is 73.3 Å². The van der Waals surface area contributed by atoms with Crippen LogP contribution in [0.15, 0.2) is 54.6 Å². The molecule has 2 saturated carbocycles. The normalized spacial score (nSPS) is 28.5. The van der Waals surface area contributed by atoms with Gasteiger partial charge in [0.05, 0.1) is 17.7 Å². The van der Waals surface area contributed by atoms with Gasteiger partial charge in [0.15, 0.2) is 0 Å². The van der Waals surface area contributed by atoms with Crippen LogP contribution in [0.1, 0.15) is 43.2 Å². The molecule has 2 unspecified atom stereocenters. The fourth-order valence-electron chi connectivity index (χ4n) is 5.98. The number of nitriles is 1. The number of likely N-dealkylation sites (tertiary alicyclic amines) is 1. The molecular weight excluding hydrogens is 412 g/mol. The van der Waals surface area contributed by atoms with Gasteiger partial charge in [-0.25, -0.2) is 4.79 Å². The Kier molecular flexibility index (Phi) is 6.09. The lowest BCUT2D eigenvalue weighted by atomic mass is 9.80. The maximum atomic E-state index is 13.3. The van der Waals surface area contributed by atoms with Crippen LogP contribution in [0.25, 0.3) is 0 Å². The second kappa shape index (κ2) is 9.17. The molecule has 0 spiro atoms. The molecule has 3 fully saturated rings. The summed E-state index contributed by atoms with van der Waals surface area (Å²) in [7, 11) is 0. The molecule has 172 valence electrons. The first-order valence-corrected chi connectivity index (χ1v) is 12.1. The number of amides is 2. The van der Waals surface area contributed by atoms with Gasteiger partial charge in [0.1, 0.15) is 0 Å². The summed E-state index contributed by atoms with van der Waals surface area (Å²) in [6.07, 6.45) is 4.73. The number of benzene rings is 2. The Morgan fingerprint density at radius 2 is 2.06 bits per heavy atom. The van der Waals surface area contributed by atoms with Crippen LogP contribution in [-0.4, -0.2) is 59.3 Å². The second-order valence-electron chi connectivity index (χ2n) is 9.91. The predicted octanol–water partition coefficient (Wildman–Crippen LogP) is 3.97. The number of rotatable bonds is 6. The first kappa shape index (κ1) is 21.9. The van der Waals surface area contributed by atoms with Crippen LogP contribution in [0.5, 0.6) is 0 Å². The van der Waals surface area contributed by atoms with Gasteiger partial charge in [0, 0.05) is 37.9 Å². The number of nitrogens with one attached hydrogen (secondary N) is 1. The Hall–Kier alpha value is -2.88. The van der Waals surface area contributed by atoms with Gasteiger partial charge in [-0.2, -0.15) is 5.26 Å². The number of carbonyl (C=O) groups is 1. The van der Waals surface area contributed by atoms with Crippen LogP contribution in [0.2, 0.25) is 0 Å². The minimum Gasteiger partial charge on any atom is -0.392 e. The van der Waals surface area contributed by atoms with Gasteiger partial charge in [0.2, 0.25) is 0 Å². The van der Waals surface area contributed by atoms with Crippen molar-refractivity contribution >= 4 is 11.7 Å². The van der Waals surface area contributed by atoms with E-state index in [0.29, 0.717) is 19.0 Å². The standard InChI is InChI=1S/C27H32N4O2/c28-18-20-5-4-6-21(15-20)27-11-9-24(16-22(27)17-27)31(14-13-30-12-10-25(32)19-30)26(33)29-23-7-2-1-3-8-23/h1-8,15,22,24-25,32H,9-14,16-17,19H2,(H,29,33)/t22?,24?,25-,27-/m1/s1. The number of aliphatic hydroxyl groups is 1. The largest absolute Gasteiger partial charge is 0.392 e. The van der Waals surface area contributed by atoms with Crippen molar-refractivity contribution in [1.29, 1.82) is 5.26 Å². The Labute approximate surface area is 195 Å². The Balaban J connectivity index is 1.28. The minimum absolute atomic E-state index is 0.0365. The smallest absolute Gasteiger partial charge is 0.322 e. The fraction of sp³-hybridized carbons (Fsp3) is 0.481. The number of para-hydroxylation sites is 1. The number of carbonyl (C=O) groups excluding carboxylic acids is 1. The van der Waals surface area contributed by atoms with Gasteiger partial charge in [-0.1, -0.05) is 30.3 Å². The lowest BCUT2D eigenvalue weighted by Crippen LogP contribution is -2.48. The number of β-amino-alcohol motifs (C(OH)–C–C–N with tert-alkyl or cyclic N) is 1. The SMILES string of the molecule is N#Cc1cccc([C@]23CCC(N(CCN4CC[C@@H](O)C4)C(=O)Nc4ccccc4)CC2C3)c1. The van der Waals surface area contributed by atoms with Gasteiger partial charge in [-0.15, -0.1) is 0 Å². The summed E-state index contributed by atoms with van der Waals surface area (Å²) in [5.41, 5.74) is 3.01. The number of hydrogen-bond acceptors (Lipinski definition) is 4. The van der Waals surface area contributed by atoms with Crippen LogP contribution in [0.4, 0.5) is 10.5 Å². The van der Waals surface area contributed by atoms with E-state index in [-0.39, 0.29) is 23.6 Å². The Bertz CT molecular complexity index is 1040. The molecule has 2 aromatic rings. The molecule has 33 heavy (non-hydrogen) atoms. The van der Waals surface area contributed by atoms with E-state index in [1.165, 1.54) is 5.56 Å². The van der Waals surface area contributed by atoms with Gasteiger partial charge in [-0.3, -0.25) is 4.90 Å². The molecule has 0 radical (unpaired) electrons. The van der Waals surface area contributed by atoms with E-state index in [0.717, 1.165) is 56.4 Å². The number of hydrogen-bond donors (Lipinski definition) is 2. The third-order valence-electron chi connectivity index (χ3n) is 7.91. The number of aliphatic hydroxyl groups excluding tert-OH is 1. The Morgan fingerprint density at radius 1 is 1.21 bits per heavy atom. The summed E-state index contributed by atoms with van der Waals surface area (Å²) < 4.78 is 0. The van der Waals surface area contributed by atoms with Gasteiger partial charge in [0.25, 0.3) is 0 Å². The predicted molar refractivity (Wildman–Crippen MR) is 128 cm³/mol. The number of fused-ring (bicyclic) bond motifs is 1. The van der Waals surface area contributed by atoms with Crippen molar-refractivity contribution in [2.24, 2.45) is 5.92 Å². The van der Waals surface area contributed by atoms with E-state index < -0.39 is 0 Å². The van der Waals surface area contributed by atoms with E-state index in [9.17, 15) is 15.2 Å². The second-order valence-corrected chi connectivity index (χ2v) is 9.91. The molecule has 1 saturated heterocycles. The highest BCUT2D eigenvalue weighted by Gasteiger charge is 2.58. The molecule has 1 aliphatic heterocycles. The maximum Gasteiger partial charge on any atom is 0.322 e. The molecule has 1 heterocycles. The molecule has 5 rings (SSSR count). The summed E-state index contributed by atoms with van der Waals surface area (Å²) in [4.78, 5) is 17.6. The zero-order valence-electron chi connectivity index (χ0n) is 19.0. The highest BCUT2D eigenvalue weighted by molar-refractivity contribution is 5.89. The summed E-state index contributed by atoms with van der Waals surface area (Å²) in [5, 5.41) is 22.3. The first-order chi connectivity index (χ1) is 16.1. The third kappa shape index (κ3) is 4.62. The van der Waals surface area contributed by atoms with Crippen LogP contribution in [0, 0.1) is 17.2 Å². The van der Waals surface area contributed by atoms with Crippen molar-refractivity contribution in [2.75, 3.05) is 31.5 Å².